The molecule has 1 saturated heterocycles. The molecule has 0 amide bonds. The van der Waals surface area contributed by atoms with Gasteiger partial charge in [-0.25, -0.2) is 8.78 Å². The fraction of sp³-hybridized carbons (Fsp3) is 0.333. The molecule has 0 saturated carbocycles. The van der Waals surface area contributed by atoms with Crippen LogP contribution in [0.25, 0.3) is 11.5 Å². The highest BCUT2D eigenvalue weighted by Gasteiger charge is 2.23. The molecule has 1 aromatic carbocycles. The van der Waals surface area contributed by atoms with Crippen LogP contribution in [0.4, 0.5) is 14.5 Å². The van der Waals surface area contributed by atoms with Gasteiger partial charge < -0.3 is 10.3 Å². The summed E-state index contributed by atoms with van der Waals surface area (Å²) in [7, 11) is 0. The van der Waals surface area contributed by atoms with Gasteiger partial charge in [0.2, 0.25) is 0 Å². The first kappa shape index (κ1) is 13.7. The molecule has 20 heavy (non-hydrogen) atoms. The zero-order chi connectivity index (χ0) is 14.1. The highest BCUT2D eigenvalue weighted by Crippen LogP contribution is 2.36. The molecule has 2 aromatic rings. The van der Waals surface area contributed by atoms with E-state index in [4.69, 9.17) is 10.3 Å². The number of nitrogens with zero attached hydrogens (tertiary/aromatic N) is 2. The number of nitrogen functional groups attached to an aromatic ring is 1. The molecule has 0 bridgehead atoms. The number of rotatable bonds is 2. The Bertz CT molecular complexity index is 629. The van der Waals surface area contributed by atoms with Crippen LogP contribution in [0.2, 0.25) is 0 Å². The second-order valence-electron chi connectivity index (χ2n) is 4.25. The van der Waals surface area contributed by atoms with Crippen molar-refractivity contribution in [3.8, 4) is 11.5 Å². The Kier molecular flexibility index (Phi) is 3.84. The highest BCUT2D eigenvalue weighted by molar-refractivity contribution is 8.06. The fourth-order valence-electron chi connectivity index (χ4n) is 1.86. The summed E-state index contributed by atoms with van der Waals surface area (Å²) < 4.78 is 31.4. The molecule has 0 spiro atoms. The normalized spacial score (nSPS) is 19.2. The average Bonchev–Trinajstić information content (AvgIpc) is 2.93. The van der Waals surface area contributed by atoms with E-state index in [1.165, 1.54) is 0 Å². The summed E-state index contributed by atoms with van der Waals surface area (Å²) >= 11 is 3.60. The lowest BCUT2D eigenvalue weighted by atomic mass is 10.1. The lowest BCUT2D eigenvalue weighted by Crippen LogP contribution is -2.07. The van der Waals surface area contributed by atoms with Crippen molar-refractivity contribution in [3.05, 3.63) is 29.6 Å². The van der Waals surface area contributed by atoms with Gasteiger partial charge in [0.25, 0.3) is 5.89 Å². The second kappa shape index (κ2) is 5.61. The van der Waals surface area contributed by atoms with Crippen molar-refractivity contribution < 1.29 is 13.3 Å². The molecule has 2 N–H and O–H groups in total. The monoisotopic (exact) mass is 315 g/mol. The van der Waals surface area contributed by atoms with E-state index in [-0.39, 0.29) is 22.4 Å². The summed E-state index contributed by atoms with van der Waals surface area (Å²) in [5, 5.41) is 4.08. The average molecular weight is 315 g/mol. The Labute approximate surface area is 122 Å². The fourth-order valence-corrected chi connectivity index (χ4v) is 4.45. The Morgan fingerprint density at radius 1 is 1.25 bits per heavy atom. The molecule has 4 nitrogen and oxygen atoms in total. The summed E-state index contributed by atoms with van der Waals surface area (Å²) in [5.74, 6) is 1.77. The first-order valence-electron chi connectivity index (χ1n) is 5.93. The van der Waals surface area contributed by atoms with E-state index >= 15 is 0 Å². The summed E-state index contributed by atoms with van der Waals surface area (Å²) in [5.41, 5.74) is 5.96. The van der Waals surface area contributed by atoms with Crippen LogP contribution in [0.3, 0.4) is 0 Å². The van der Waals surface area contributed by atoms with Gasteiger partial charge in [-0.15, -0.1) is 11.8 Å². The highest BCUT2D eigenvalue weighted by atomic mass is 32.2. The molecule has 1 atom stereocenters. The minimum absolute atomic E-state index is 0.0739. The maximum Gasteiger partial charge on any atom is 0.260 e. The van der Waals surface area contributed by atoms with Crippen molar-refractivity contribution in [1.29, 1.82) is 0 Å². The first-order valence-corrected chi connectivity index (χ1v) is 8.13. The number of anilines is 1. The molecule has 0 radical (unpaired) electrons. The van der Waals surface area contributed by atoms with Crippen molar-refractivity contribution in [2.45, 2.75) is 5.25 Å². The molecule has 1 fully saturated rings. The maximum absolute atomic E-state index is 13.3. The predicted octanol–water partition coefficient (Wildman–Crippen LogP) is 3.12. The number of nitrogens with two attached hydrogens (primary N) is 1. The van der Waals surface area contributed by atoms with Gasteiger partial charge in [-0.05, 0) is 6.07 Å². The maximum atomic E-state index is 13.3. The minimum Gasteiger partial charge on any atom is -0.398 e. The summed E-state index contributed by atoms with van der Waals surface area (Å²) in [6.45, 7) is 0. The van der Waals surface area contributed by atoms with Crippen LogP contribution < -0.4 is 5.73 Å². The van der Waals surface area contributed by atoms with Crippen LogP contribution in [0.5, 0.6) is 0 Å². The van der Waals surface area contributed by atoms with Crippen molar-refractivity contribution in [2.24, 2.45) is 0 Å². The summed E-state index contributed by atoms with van der Waals surface area (Å²) in [4.78, 5) is 4.25. The van der Waals surface area contributed by atoms with Gasteiger partial charge in [0.15, 0.2) is 17.5 Å². The topological polar surface area (TPSA) is 64.9 Å². The minimum atomic E-state index is -0.995. The van der Waals surface area contributed by atoms with Crippen LogP contribution >= 0.6 is 23.5 Å². The molecular weight excluding hydrogens is 304 g/mol. The number of hydrogen-bond donors (Lipinski definition) is 1. The van der Waals surface area contributed by atoms with Crippen molar-refractivity contribution in [2.75, 3.05) is 23.0 Å². The molecule has 0 aliphatic carbocycles. The molecular formula is C12H11F2N3OS2. The molecule has 8 heteroatoms. The largest absolute Gasteiger partial charge is 0.398 e. The van der Waals surface area contributed by atoms with E-state index in [9.17, 15) is 8.78 Å². The van der Waals surface area contributed by atoms with Gasteiger partial charge >= 0.3 is 0 Å². The van der Waals surface area contributed by atoms with E-state index in [2.05, 4.69) is 10.1 Å². The quantitative estimate of drug-likeness (QED) is 0.859. The first-order chi connectivity index (χ1) is 9.65. The lowest BCUT2D eigenvalue weighted by Gasteiger charge is -2.16. The van der Waals surface area contributed by atoms with E-state index in [1.54, 1.807) is 11.8 Å². The van der Waals surface area contributed by atoms with Gasteiger partial charge in [0, 0.05) is 29.0 Å². The molecule has 1 aliphatic heterocycles. The number of halogens is 2. The molecule has 3 rings (SSSR count). The van der Waals surface area contributed by atoms with Crippen LogP contribution in [0.1, 0.15) is 11.1 Å². The summed E-state index contributed by atoms with van der Waals surface area (Å²) in [6, 6.07) is 1.89. The van der Waals surface area contributed by atoms with Crippen LogP contribution in [-0.2, 0) is 0 Å². The second-order valence-corrected chi connectivity index (χ2v) is 6.71. The zero-order valence-corrected chi connectivity index (χ0v) is 11.9. The van der Waals surface area contributed by atoms with Crippen LogP contribution in [0.15, 0.2) is 16.7 Å². The molecule has 1 unspecified atom stereocenters. The Hall–Kier alpha value is -1.28. The standard InChI is InChI=1S/C12H11F2N3OS2/c13-7-3-6(9(15)4-8(7)14)12-16-11(17-18-12)10-5-19-1-2-20-10/h3-4,10H,1-2,5,15H2. The smallest absolute Gasteiger partial charge is 0.260 e. The van der Waals surface area contributed by atoms with Gasteiger partial charge in [-0.2, -0.15) is 16.7 Å². The predicted molar refractivity (Wildman–Crippen MR) is 76.6 cm³/mol. The number of thioether (sulfide) groups is 2. The molecule has 2 heterocycles. The third-order valence-electron chi connectivity index (χ3n) is 2.87. The van der Waals surface area contributed by atoms with Gasteiger partial charge in [0.05, 0.1) is 10.8 Å². The molecule has 106 valence electrons. The van der Waals surface area contributed by atoms with Gasteiger partial charge in [-0.3, -0.25) is 0 Å². The Morgan fingerprint density at radius 3 is 2.80 bits per heavy atom. The molecule has 1 aliphatic rings. The van der Waals surface area contributed by atoms with Crippen molar-refractivity contribution >= 4 is 29.2 Å². The zero-order valence-electron chi connectivity index (χ0n) is 10.3. The third kappa shape index (κ3) is 2.62. The van der Waals surface area contributed by atoms with Gasteiger partial charge in [0.1, 0.15) is 0 Å². The van der Waals surface area contributed by atoms with E-state index in [0.717, 1.165) is 29.4 Å². The van der Waals surface area contributed by atoms with Crippen molar-refractivity contribution in [1.82, 2.24) is 10.1 Å². The van der Waals surface area contributed by atoms with E-state index in [1.807, 2.05) is 11.8 Å². The summed E-state index contributed by atoms with van der Waals surface area (Å²) in [6.07, 6.45) is 0. The van der Waals surface area contributed by atoms with E-state index in [0.29, 0.717) is 5.82 Å². The molecule has 1 aromatic heterocycles. The SMILES string of the molecule is Nc1cc(F)c(F)cc1-c1nc(C2CSCCS2)no1. The van der Waals surface area contributed by atoms with E-state index < -0.39 is 11.6 Å². The Morgan fingerprint density at radius 2 is 2.05 bits per heavy atom. The van der Waals surface area contributed by atoms with Gasteiger partial charge in [-0.1, -0.05) is 5.16 Å². The van der Waals surface area contributed by atoms with Crippen molar-refractivity contribution in [3.63, 3.8) is 0 Å². The van der Waals surface area contributed by atoms with Crippen LogP contribution in [0, 0.1) is 11.6 Å². The number of benzene rings is 1. The number of hydrogen-bond acceptors (Lipinski definition) is 6. The lowest BCUT2D eigenvalue weighted by molar-refractivity contribution is 0.422. The third-order valence-corrected chi connectivity index (χ3v) is 5.62. The number of aromatic nitrogens is 2. The Balaban J connectivity index is 1.91. The van der Waals surface area contributed by atoms with Crippen LogP contribution in [-0.4, -0.2) is 27.4 Å².